The van der Waals surface area contributed by atoms with E-state index in [1.807, 2.05) is 86.8 Å². The number of benzene rings is 2. The fourth-order valence-electron chi connectivity index (χ4n) is 3.53. The van der Waals surface area contributed by atoms with Crippen LogP contribution in [0.3, 0.4) is 0 Å². The predicted octanol–water partition coefficient (Wildman–Crippen LogP) is 7.18. The van der Waals surface area contributed by atoms with Gasteiger partial charge >= 0.3 is 0 Å². The van der Waals surface area contributed by atoms with Crippen molar-refractivity contribution in [2.45, 2.75) is 53.0 Å². The summed E-state index contributed by atoms with van der Waals surface area (Å²) in [5.41, 5.74) is 3.17. The molecule has 0 aliphatic carbocycles. The van der Waals surface area contributed by atoms with E-state index in [2.05, 4.69) is 46.3 Å². The molecule has 4 rings (SSSR count). The molecule has 33 heavy (non-hydrogen) atoms. The molecular weight excluding hydrogens is 404 g/mol. The summed E-state index contributed by atoms with van der Waals surface area (Å²) >= 11 is 0. The third-order valence-corrected chi connectivity index (χ3v) is 5.41. The zero-order valence-corrected chi connectivity index (χ0v) is 20.7. The minimum atomic E-state index is 0.0601. The first-order chi connectivity index (χ1) is 16.1. The summed E-state index contributed by atoms with van der Waals surface area (Å²) in [6, 6.07) is 22.2. The number of aromatic amines is 1. The van der Waals surface area contributed by atoms with E-state index in [9.17, 15) is 0 Å². The molecule has 2 N–H and O–H groups in total. The number of hydrogen-bond donors (Lipinski definition) is 2. The first kappa shape index (κ1) is 26.3. The van der Waals surface area contributed by atoms with Gasteiger partial charge < -0.3 is 10.3 Å². The van der Waals surface area contributed by atoms with E-state index in [-0.39, 0.29) is 6.04 Å². The van der Waals surface area contributed by atoms with E-state index in [0.29, 0.717) is 0 Å². The van der Waals surface area contributed by atoms with Crippen LogP contribution < -0.4 is 5.32 Å². The molecule has 0 radical (unpaired) electrons. The molecule has 1 aliphatic rings. The van der Waals surface area contributed by atoms with Gasteiger partial charge in [0.2, 0.25) is 0 Å². The molecule has 2 atom stereocenters. The van der Waals surface area contributed by atoms with Crippen molar-refractivity contribution in [3.8, 4) is 11.4 Å². The number of H-pyrrole nitrogens is 1. The van der Waals surface area contributed by atoms with E-state index >= 15 is 0 Å². The van der Waals surface area contributed by atoms with Gasteiger partial charge in [0.25, 0.3) is 0 Å². The SMILES string of the molecule is C/C=C\C=NC(C)c1nc(-c2ccccc2)[nH]c1C.CC1CCCCNC1.c1ccccc1. The molecule has 2 aromatic carbocycles. The largest absolute Gasteiger partial charge is 0.342 e. The van der Waals surface area contributed by atoms with Crippen LogP contribution in [0.25, 0.3) is 11.4 Å². The molecule has 3 aromatic rings. The topological polar surface area (TPSA) is 53.1 Å². The number of nitrogens with one attached hydrogen (secondary N) is 2. The average Bonchev–Trinajstić information content (AvgIpc) is 3.09. The Bertz CT molecular complexity index is 894. The van der Waals surface area contributed by atoms with Crippen molar-refractivity contribution >= 4 is 6.21 Å². The summed E-state index contributed by atoms with van der Waals surface area (Å²) in [5.74, 6) is 1.82. The van der Waals surface area contributed by atoms with Crippen LogP contribution in [0.4, 0.5) is 0 Å². The Morgan fingerprint density at radius 3 is 2.27 bits per heavy atom. The molecule has 1 fully saturated rings. The summed E-state index contributed by atoms with van der Waals surface area (Å²) < 4.78 is 0. The van der Waals surface area contributed by atoms with Gasteiger partial charge in [-0.1, -0.05) is 86.2 Å². The van der Waals surface area contributed by atoms with Gasteiger partial charge in [-0.25, -0.2) is 4.98 Å². The normalized spacial score (nSPS) is 16.9. The van der Waals surface area contributed by atoms with Crippen molar-refractivity contribution < 1.29 is 0 Å². The second kappa shape index (κ2) is 15.8. The Labute approximate surface area is 200 Å². The van der Waals surface area contributed by atoms with Crippen molar-refractivity contribution in [3.63, 3.8) is 0 Å². The third-order valence-electron chi connectivity index (χ3n) is 5.41. The Morgan fingerprint density at radius 2 is 1.64 bits per heavy atom. The Balaban J connectivity index is 0.000000223. The molecule has 0 spiro atoms. The molecule has 0 bridgehead atoms. The second-order valence-electron chi connectivity index (χ2n) is 8.42. The molecule has 2 unspecified atom stereocenters. The molecule has 1 aliphatic heterocycles. The Morgan fingerprint density at radius 1 is 1.00 bits per heavy atom. The van der Waals surface area contributed by atoms with Crippen LogP contribution in [-0.2, 0) is 0 Å². The number of nitrogens with zero attached hydrogens (tertiary/aromatic N) is 2. The smallest absolute Gasteiger partial charge is 0.137 e. The van der Waals surface area contributed by atoms with E-state index in [4.69, 9.17) is 0 Å². The van der Waals surface area contributed by atoms with Gasteiger partial charge in [-0.05, 0) is 58.7 Å². The summed E-state index contributed by atoms with van der Waals surface area (Å²) in [7, 11) is 0. The minimum Gasteiger partial charge on any atom is -0.342 e. The highest BCUT2D eigenvalue weighted by molar-refractivity contribution is 5.71. The number of rotatable bonds is 4. The first-order valence-corrected chi connectivity index (χ1v) is 12.1. The van der Waals surface area contributed by atoms with E-state index in [1.165, 1.54) is 32.4 Å². The van der Waals surface area contributed by atoms with Crippen LogP contribution in [0.5, 0.6) is 0 Å². The van der Waals surface area contributed by atoms with Crippen LogP contribution in [0.2, 0.25) is 0 Å². The lowest BCUT2D eigenvalue weighted by molar-refractivity contribution is 0.525. The maximum atomic E-state index is 4.67. The number of aromatic nitrogens is 2. The fourth-order valence-corrected chi connectivity index (χ4v) is 3.53. The van der Waals surface area contributed by atoms with Crippen LogP contribution in [0.15, 0.2) is 83.9 Å². The lowest BCUT2D eigenvalue weighted by Crippen LogP contribution is -2.18. The molecule has 1 aromatic heterocycles. The molecule has 176 valence electrons. The monoisotopic (exact) mass is 444 g/mol. The second-order valence-corrected chi connectivity index (χ2v) is 8.42. The van der Waals surface area contributed by atoms with Crippen molar-refractivity contribution in [2.75, 3.05) is 13.1 Å². The number of allylic oxidation sites excluding steroid dienone is 2. The molecular formula is C29H40N4. The third kappa shape index (κ3) is 10.5. The maximum Gasteiger partial charge on any atom is 0.137 e. The summed E-state index contributed by atoms with van der Waals surface area (Å²) in [5, 5.41) is 3.40. The highest BCUT2D eigenvalue weighted by Crippen LogP contribution is 2.23. The lowest BCUT2D eigenvalue weighted by Gasteiger charge is -2.03. The fraction of sp³-hybridized carbons (Fsp3) is 0.379. The van der Waals surface area contributed by atoms with Crippen molar-refractivity contribution in [3.05, 3.63) is 90.3 Å². The molecule has 2 heterocycles. The minimum absolute atomic E-state index is 0.0601. The maximum absolute atomic E-state index is 4.67. The van der Waals surface area contributed by atoms with Gasteiger partial charge in [0.1, 0.15) is 5.82 Å². The Kier molecular flexibility index (Phi) is 12.5. The van der Waals surface area contributed by atoms with Crippen LogP contribution >= 0.6 is 0 Å². The summed E-state index contributed by atoms with van der Waals surface area (Å²) in [4.78, 5) is 12.5. The Hall–Kier alpha value is -2.98. The molecule has 0 amide bonds. The van der Waals surface area contributed by atoms with Crippen molar-refractivity contribution in [1.29, 1.82) is 0 Å². The van der Waals surface area contributed by atoms with Gasteiger partial charge in [0.05, 0.1) is 11.7 Å². The average molecular weight is 445 g/mol. The summed E-state index contributed by atoms with van der Waals surface area (Å²) in [6.07, 6.45) is 9.94. The molecule has 1 saturated heterocycles. The van der Waals surface area contributed by atoms with Gasteiger partial charge in [0.15, 0.2) is 0 Å². The number of aliphatic imine (C=N–C) groups is 1. The number of imidazole rings is 1. The number of aryl methyl sites for hydroxylation is 1. The standard InChI is InChI=1S/C16H19N3.C7H15N.C6H6/c1-4-5-11-17-12(2)15-13(3)18-16(19-15)14-9-7-6-8-10-14;1-7-4-2-3-5-8-6-7;1-2-4-6-5-3-1/h4-12H,1-3H3,(H,18,19);7-8H,2-6H2,1H3;1-6H/b5-4-,17-11?;;. The predicted molar refractivity (Wildman–Crippen MR) is 143 cm³/mol. The highest BCUT2D eigenvalue weighted by atomic mass is 15.0. The van der Waals surface area contributed by atoms with Gasteiger partial charge in [-0.3, -0.25) is 4.99 Å². The zero-order valence-electron chi connectivity index (χ0n) is 20.7. The van der Waals surface area contributed by atoms with Crippen LogP contribution in [-0.4, -0.2) is 29.3 Å². The molecule has 4 nitrogen and oxygen atoms in total. The quantitative estimate of drug-likeness (QED) is 0.419. The van der Waals surface area contributed by atoms with Crippen molar-refractivity contribution in [2.24, 2.45) is 10.9 Å². The lowest BCUT2D eigenvalue weighted by atomic mass is 10.1. The molecule has 4 heteroatoms. The molecule has 0 saturated carbocycles. The first-order valence-electron chi connectivity index (χ1n) is 12.1. The van der Waals surface area contributed by atoms with Crippen LogP contribution in [0, 0.1) is 12.8 Å². The number of hydrogen-bond acceptors (Lipinski definition) is 3. The van der Waals surface area contributed by atoms with Gasteiger partial charge in [0, 0.05) is 17.5 Å². The van der Waals surface area contributed by atoms with E-state index < -0.39 is 0 Å². The van der Waals surface area contributed by atoms with Crippen LogP contribution in [0.1, 0.15) is 57.5 Å². The highest BCUT2D eigenvalue weighted by Gasteiger charge is 2.13. The van der Waals surface area contributed by atoms with Gasteiger partial charge in [-0.2, -0.15) is 0 Å². The van der Waals surface area contributed by atoms with Crippen molar-refractivity contribution in [1.82, 2.24) is 15.3 Å². The van der Waals surface area contributed by atoms with E-state index in [0.717, 1.165) is 28.7 Å². The zero-order chi connectivity index (χ0) is 23.7. The van der Waals surface area contributed by atoms with Gasteiger partial charge in [-0.15, -0.1) is 0 Å². The van der Waals surface area contributed by atoms with E-state index in [1.54, 1.807) is 0 Å². The summed E-state index contributed by atoms with van der Waals surface area (Å²) in [6.45, 7) is 10.9.